The number of halogens is 2. The Morgan fingerprint density at radius 3 is 2.56 bits per heavy atom. The first-order valence-corrected chi connectivity index (χ1v) is 8.75. The van der Waals surface area contributed by atoms with E-state index in [1.807, 2.05) is 0 Å². The number of rotatable bonds is 3. The highest BCUT2D eigenvalue weighted by molar-refractivity contribution is 6.30. The highest BCUT2D eigenvalue weighted by Gasteiger charge is 2.30. The van der Waals surface area contributed by atoms with Gasteiger partial charge in [-0.2, -0.15) is 0 Å². The molecule has 2 heterocycles. The fourth-order valence-corrected chi connectivity index (χ4v) is 3.20. The number of carbonyl (C=O) groups excluding carboxylic acids is 2. The summed E-state index contributed by atoms with van der Waals surface area (Å²) in [5, 5.41) is 0.0239. The fourth-order valence-electron chi connectivity index (χ4n) is 3.01. The van der Waals surface area contributed by atoms with Crippen LogP contribution in [0.25, 0.3) is 6.08 Å². The highest BCUT2D eigenvalue weighted by atomic mass is 35.5. The number of nitrogens with zero attached hydrogens (tertiary/aromatic N) is 2. The van der Waals surface area contributed by atoms with E-state index >= 15 is 0 Å². The highest BCUT2D eigenvalue weighted by Crippen LogP contribution is 2.18. The van der Waals surface area contributed by atoms with Crippen molar-refractivity contribution < 1.29 is 18.7 Å². The lowest BCUT2D eigenvalue weighted by Gasteiger charge is -2.35. The third-order valence-corrected chi connectivity index (χ3v) is 4.76. The molecule has 3 rings (SSSR count). The second-order valence-electron chi connectivity index (χ2n) is 6.16. The van der Waals surface area contributed by atoms with Crippen LogP contribution in [0.4, 0.5) is 4.39 Å². The van der Waals surface area contributed by atoms with E-state index in [0.29, 0.717) is 38.3 Å². The van der Waals surface area contributed by atoms with Crippen molar-refractivity contribution in [2.45, 2.75) is 18.9 Å². The molecule has 1 atom stereocenters. The molecular weight excluding hydrogens is 347 g/mol. The molecule has 0 spiro atoms. The van der Waals surface area contributed by atoms with Crippen LogP contribution in [0.1, 0.15) is 18.4 Å². The van der Waals surface area contributed by atoms with E-state index < -0.39 is 5.82 Å². The molecule has 2 amide bonds. The molecule has 25 heavy (non-hydrogen) atoms. The Kier molecular flexibility index (Phi) is 5.71. The molecule has 1 aromatic carbocycles. The summed E-state index contributed by atoms with van der Waals surface area (Å²) in [5.41, 5.74) is 0.659. The van der Waals surface area contributed by atoms with Crippen LogP contribution < -0.4 is 0 Å². The predicted molar refractivity (Wildman–Crippen MR) is 92.6 cm³/mol. The van der Waals surface area contributed by atoms with Crippen molar-refractivity contribution in [1.82, 2.24) is 9.80 Å². The van der Waals surface area contributed by atoms with E-state index in [2.05, 4.69) is 0 Å². The monoisotopic (exact) mass is 366 g/mol. The van der Waals surface area contributed by atoms with E-state index in [1.165, 1.54) is 18.2 Å². The molecule has 0 saturated carbocycles. The van der Waals surface area contributed by atoms with Gasteiger partial charge in [0.15, 0.2) is 0 Å². The standard InChI is InChI=1S/C18H20ClFN2O3/c19-14-12-13(3-5-15(14)20)4-6-17(23)21-7-9-22(10-8-21)18(24)16-2-1-11-25-16/h3-6,12,16H,1-2,7-11H2. The first-order chi connectivity index (χ1) is 12.0. The summed E-state index contributed by atoms with van der Waals surface area (Å²) in [4.78, 5) is 28.0. The van der Waals surface area contributed by atoms with Gasteiger partial charge in [0.2, 0.25) is 5.91 Å². The maximum atomic E-state index is 13.1. The van der Waals surface area contributed by atoms with Crippen molar-refractivity contribution in [2.24, 2.45) is 0 Å². The molecule has 1 unspecified atom stereocenters. The van der Waals surface area contributed by atoms with Gasteiger partial charge in [0.25, 0.3) is 5.91 Å². The summed E-state index contributed by atoms with van der Waals surface area (Å²) in [6.07, 6.45) is 4.44. The number of carbonyl (C=O) groups is 2. The molecule has 7 heteroatoms. The van der Waals surface area contributed by atoms with Gasteiger partial charge >= 0.3 is 0 Å². The van der Waals surface area contributed by atoms with Crippen molar-refractivity contribution in [3.8, 4) is 0 Å². The lowest BCUT2D eigenvalue weighted by Crippen LogP contribution is -2.52. The average molecular weight is 367 g/mol. The molecule has 0 bridgehead atoms. The van der Waals surface area contributed by atoms with Gasteiger partial charge in [-0.05, 0) is 36.6 Å². The van der Waals surface area contributed by atoms with Gasteiger partial charge in [-0.25, -0.2) is 4.39 Å². The maximum absolute atomic E-state index is 13.1. The Bertz CT molecular complexity index is 681. The summed E-state index contributed by atoms with van der Waals surface area (Å²) in [7, 11) is 0. The Morgan fingerprint density at radius 1 is 1.20 bits per heavy atom. The van der Waals surface area contributed by atoms with Crippen molar-refractivity contribution in [2.75, 3.05) is 32.8 Å². The van der Waals surface area contributed by atoms with E-state index in [4.69, 9.17) is 16.3 Å². The minimum Gasteiger partial charge on any atom is -0.368 e. The molecular formula is C18H20ClFN2O3. The number of benzene rings is 1. The Balaban J connectivity index is 1.51. The fraction of sp³-hybridized carbons (Fsp3) is 0.444. The molecule has 5 nitrogen and oxygen atoms in total. The second-order valence-corrected chi connectivity index (χ2v) is 6.57. The van der Waals surface area contributed by atoms with Gasteiger partial charge in [0.1, 0.15) is 11.9 Å². The quantitative estimate of drug-likeness (QED) is 0.771. The number of ether oxygens (including phenoxy) is 1. The van der Waals surface area contributed by atoms with E-state index in [0.717, 1.165) is 12.8 Å². The van der Waals surface area contributed by atoms with Crippen molar-refractivity contribution in [3.63, 3.8) is 0 Å². The molecule has 2 aliphatic heterocycles. The average Bonchev–Trinajstić information content (AvgIpc) is 3.16. The number of hydrogen-bond acceptors (Lipinski definition) is 3. The minimum absolute atomic E-state index is 0.0239. The molecule has 2 fully saturated rings. The van der Waals surface area contributed by atoms with Crippen LogP contribution in [-0.4, -0.2) is 60.5 Å². The summed E-state index contributed by atoms with van der Waals surface area (Å²) >= 11 is 5.73. The van der Waals surface area contributed by atoms with Crippen LogP contribution >= 0.6 is 11.6 Å². The lowest BCUT2D eigenvalue weighted by molar-refractivity contribution is -0.144. The molecule has 0 radical (unpaired) electrons. The molecule has 2 aliphatic rings. The second kappa shape index (κ2) is 7.97. The van der Waals surface area contributed by atoms with Crippen LogP contribution in [0.5, 0.6) is 0 Å². The SMILES string of the molecule is O=C(C=Cc1ccc(F)c(Cl)c1)N1CCN(C(=O)C2CCCO2)CC1. The molecule has 2 saturated heterocycles. The van der Waals surface area contributed by atoms with Gasteiger partial charge < -0.3 is 14.5 Å². The topological polar surface area (TPSA) is 49.9 Å². The van der Waals surface area contributed by atoms with Gasteiger partial charge in [-0.15, -0.1) is 0 Å². The third kappa shape index (κ3) is 4.38. The van der Waals surface area contributed by atoms with E-state index in [1.54, 1.807) is 21.9 Å². The first-order valence-electron chi connectivity index (χ1n) is 8.37. The van der Waals surface area contributed by atoms with Crippen molar-refractivity contribution in [3.05, 3.63) is 40.7 Å². The largest absolute Gasteiger partial charge is 0.368 e. The minimum atomic E-state index is -0.489. The number of hydrogen-bond donors (Lipinski definition) is 0. The third-order valence-electron chi connectivity index (χ3n) is 4.47. The van der Waals surface area contributed by atoms with Crippen molar-refractivity contribution in [1.29, 1.82) is 0 Å². The zero-order chi connectivity index (χ0) is 17.8. The van der Waals surface area contributed by atoms with Crippen LogP contribution in [0, 0.1) is 5.82 Å². The summed E-state index contributed by atoms with van der Waals surface area (Å²) in [6.45, 7) is 2.66. The molecule has 0 aromatic heterocycles. The van der Waals surface area contributed by atoms with Gasteiger partial charge in [-0.3, -0.25) is 9.59 Å². The van der Waals surface area contributed by atoms with Crippen LogP contribution in [0.2, 0.25) is 5.02 Å². The predicted octanol–water partition coefficient (Wildman–Crippen LogP) is 2.34. The summed E-state index contributed by atoms with van der Waals surface area (Å²) < 4.78 is 18.6. The summed E-state index contributed by atoms with van der Waals surface area (Å²) in [5.74, 6) is -0.595. The Morgan fingerprint density at radius 2 is 1.92 bits per heavy atom. The molecule has 0 N–H and O–H groups in total. The van der Waals surface area contributed by atoms with Gasteiger partial charge in [0, 0.05) is 38.9 Å². The molecule has 0 aliphatic carbocycles. The summed E-state index contributed by atoms with van der Waals surface area (Å²) in [6, 6.07) is 4.30. The Labute approximate surface area is 151 Å². The van der Waals surface area contributed by atoms with Crippen molar-refractivity contribution >= 4 is 29.5 Å². The van der Waals surface area contributed by atoms with Crippen LogP contribution in [-0.2, 0) is 14.3 Å². The maximum Gasteiger partial charge on any atom is 0.251 e. The lowest BCUT2D eigenvalue weighted by atomic mass is 10.2. The molecule has 1 aromatic rings. The van der Waals surface area contributed by atoms with Crippen LogP contribution in [0.15, 0.2) is 24.3 Å². The number of piperazine rings is 1. The first kappa shape index (κ1) is 17.9. The number of amides is 2. The Hall–Kier alpha value is -1.92. The normalized spacial score (nSPS) is 21.1. The van der Waals surface area contributed by atoms with E-state index in [-0.39, 0.29) is 22.9 Å². The molecule has 134 valence electrons. The van der Waals surface area contributed by atoms with Gasteiger partial charge in [0.05, 0.1) is 5.02 Å². The zero-order valence-corrected chi connectivity index (χ0v) is 14.5. The van der Waals surface area contributed by atoms with E-state index in [9.17, 15) is 14.0 Å². The smallest absolute Gasteiger partial charge is 0.251 e. The van der Waals surface area contributed by atoms with Gasteiger partial charge in [-0.1, -0.05) is 17.7 Å². The zero-order valence-electron chi connectivity index (χ0n) is 13.8. The van der Waals surface area contributed by atoms with Crippen LogP contribution in [0.3, 0.4) is 0 Å².